The standard InChI is InChI=1S/C15H24BrNO2.ClH/c1-6-15(3,4)17-10-11-8-12(16)14(19-7-2)13(9-11)18-5;/h8-9,17H,6-7,10H2,1-5H3;1H. The highest BCUT2D eigenvalue weighted by molar-refractivity contribution is 9.10. The summed E-state index contributed by atoms with van der Waals surface area (Å²) in [5, 5.41) is 3.54. The Hall–Kier alpha value is -0.450. The van der Waals surface area contributed by atoms with Gasteiger partial charge in [0.1, 0.15) is 0 Å². The average Bonchev–Trinajstić information content (AvgIpc) is 2.39. The van der Waals surface area contributed by atoms with Gasteiger partial charge >= 0.3 is 0 Å². The minimum absolute atomic E-state index is 0. The van der Waals surface area contributed by atoms with Crippen molar-refractivity contribution >= 4 is 28.3 Å². The van der Waals surface area contributed by atoms with Crippen molar-refractivity contribution in [3.8, 4) is 11.5 Å². The molecule has 0 bridgehead atoms. The zero-order valence-corrected chi connectivity index (χ0v) is 15.3. The Kier molecular flexibility index (Phi) is 8.56. The Morgan fingerprint density at radius 3 is 2.40 bits per heavy atom. The molecule has 0 aromatic heterocycles. The second kappa shape index (κ2) is 8.75. The second-order valence-electron chi connectivity index (χ2n) is 5.13. The molecule has 0 fully saturated rings. The molecule has 0 radical (unpaired) electrons. The molecule has 1 N–H and O–H groups in total. The largest absolute Gasteiger partial charge is 0.493 e. The van der Waals surface area contributed by atoms with E-state index in [1.165, 1.54) is 5.56 Å². The Morgan fingerprint density at radius 1 is 1.25 bits per heavy atom. The zero-order chi connectivity index (χ0) is 14.5. The number of halogens is 2. The quantitative estimate of drug-likeness (QED) is 0.767. The van der Waals surface area contributed by atoms with Gasteiger partial charge in [-0.3, -0.25) is 0 Å². The van der Waals surface area contributed by atoms with E-state index in [0.717, 1.165) is 28.9 Å². The maximum Gasteiger partial charge on any atom is 0.175 e. The monoisotopic (exact) mass is 365 g/mol. The van der Waals surface area contributed by atoms with Crippen LogP contribution in [-0.4, -0.2) is 19.3 Å². The van der Waals surface area contributed by atoms with Crippen LogP contribution >= 0.6 is 28.3 Å². The Labute approximate surface area is 137 Å². The van der Waals surface area contributed by atoms with E-state index >= 15 is 0 Å². The fourth-order valence-electron chi connectivity index (χ4n) is 1.63. The van der Waals surface area contributed by atoms with Gasteiger partial charge in [-0.1, -0.05) is 6.92 Å². The van der Waals surface area contributed by atoms with E-state index in [9.17, 15) is 0 Å². The molecule has 0 aliphatic carbocycles. The summed E-state index contributed by atoms with van der Waals surface area (Å²) >= 11 is 3.54. The van der Waals surface area contributed by atoms with Gasteiger partial charge in [-0.05, 0) is 60.8 Å². The number of nitrogens with one attached hydrogen (secondary N) is 1. The molecular weight excluding hydrogens is 342 g/mol. The average molecular weight is 367 g/mol. The first kappa shape index (κ1) is 19.6. The first-order valence-corrected chi connectivity index (χ1v) is 7.47. The summed E-state index contributed by atoms with van der Waals surface area (Å²) in [7, 11) is 1.66. The van der Waals surface area contributed by atoms with Crippen molar-refractivity contribution < 1.29 is 9.47 Å². The second-order valence-corrected chi connectivity index (χ2v) is 5.99. The third-order valence-electron chi connectivity index (χ3n) is 3.23. The Balaban J connectivity index is 0.00000361. The number of hydrogen-bond acceptors (Lipinski definition) is 3. The minimum atomic E-state index is 0. The summed E-state index contributed by atoms with van der Waals surface area (Å²) in [6.45, 7) is 9.98. The predicted molar refractivity (Wildman–Crippen MR) is 90.3 cm³/mol. The van der Waals surface area contributed by atoms with Crippen molar-refractivity contribution in [3.05, 3.63) is 22.2 Å². The van der Waals surface area contributed by atoms with E-state index in [0.29, 0.717) is 6.61 Å². The van der Waals surface area contributed by atoms with Crippen LogP contribution in [0.4, 0.5) is 0 Å². The van der Waals surface area contributed by atoms with Crippen molar-refractivity contribution in [3.63, 3.8) is 0 Å². The number of hydrogen-bond donors (Lipinski definition) is 1. The molecule has 3 nitrogen and oxygen atoms in total. The molecule has 1 aromatic rings. The van der Waals surface area contributed by atoms with Crippen LogP contribution in [0.1, 0.15) is 39.7 Å². The van der Waals surface area contributed by atoms with E-state index in [2.05, 4.69) is 48.1 Å². The van der Waals surface area contributed by atoms with Gasteiger partial charge in [-0.2, -0.15) is 0 Å². The zero-order valence-electron chi connectivity index (χ0n) is 12.9. The van der Waals surface area contributed by atoms with E-state index in [-0.39, 0.29) is 17.9 Å². The summed E-state index contributed by atoms with van der Waals surface area (Å²) < 4.78 is 11.9. The molecule has 0 atom stereocenters. The third-order valence-corrected chi connectivity index (χ3v) is 3.82. The van der Waals surface area contributed by atoms with E-state index in [4.69, 9.17) is 9.47 Å². The third kappa shape index (κ3) is 5.51. The summed E-state index contributed by atoms with van der Waals surface area (Å²) in [6.07, 6.45) is 1.09. The molecule has 1 aromatic carbocycles. The number of ether oxygens (including phenoxy) is 2. The van der Waals surface area contributed by atoms with Crippen molar-refractivity contribution in [2.75, 3.05) is 13.7 Å². The molecule has 0 heterocycles. The van der Waals surface area contributed by atoms with Gasteiger partial charge in [0, 0.05) is 12.1 Å². The van der Waals surface area contributed by atoms with Crippen LogP contribution in [-0.2, 0) is 6.54 Å². The normalized spacial score (nSPS) is 10.9. The topological polar surface area (TPSA) is 30.5 Å². The highest BCUT2D eigenvalue weighted by Crippen LogP contribution is 2.36. The van der Waals surface area contributed by atoms with Crippen LogP contribution in [0.5, 0.6) is 11.5 Å². The number of methoxy groups -OCH3 is 1. The van der Waals surface area contributed by atoms with Gasteiger partial charge < -0.3 is 14.8 Å². The molecule has 0 spiro atoms. The van der Waals surface area contributed by atoms with Crippen LogP contribution in [0, 0.1) is 0 Å². The molecule has 20 heavy (non-hydrogen) atoms. The van der Waals surface area contributed by atoms with E-state index in [1.807, 2.05) is 13.0 Å². The highest BCUT2D eigenvalue weighted by atomic mass is 79.9. The lowest BCUT2D eigenvalue weighted by atomic mass is 10.0. The molecular formula is C15H25BrClNO2. The number of rotatable bonds is 7. The summed E-state index contributed by atoms with van der Waals surface area (Å²) in [6, 6.07) is 4.10. The first-order valence-electron chi connectivity index (χ1n) is 6.67. The lowest BCUT2D eigenvalue weighted by Crippen LogP contribution is -2.37. The highest BCUT2D eigenvalue weighted by Gasteiger charge is 2.15. The van der Waals surface area contributed by atoms with Crippen molar-refractivity contribution in [1.82, 2.24) is 5.32 Å². The summed E-state index contributed by atoms with van der Waals surface area (Å²) in [5.41, 5.74) is 1.31. The number of benzene rings is 1. The lowest BCUT2D eigenvalue weighted by Gasteiger charge is -2.25. The molecule has 0 saturated heterocycles. The van der Waals surface area contributed by atoms with Crippen LogP contribution < -0.4 is 14.8 Å². The van der Waals surface area contributed by atoms with Gasteiger partial charge in [-0.15, -0.1) is 12.4 Å². The van der Waals surface area contributed by atoms with Gasteiger partial charge in [0.05, 0.1) is 18.2 Å². The predicted octanol–water partition coefficient (Wildman–Crippen LogP) is 4.56. The van der Waals surface area contributed by atoms with E-state index in [1.54, 1.807) is 7.11 Å². The van der Waals surface area contributed by atoms with Gasteiger partial charge in [-0.25, -0.2) is 0 Å². The molecule has 0 amide bonds. The van der Waals surface area contributed by atoms with Gasteiger partial charge in [0.2, 0.25) is 0 Å². The smallest absolute Gasteiger partial charge is 0.175 e. The molecule has 0 unspecified atom stereocenters. The first-order chi connectivity index (χ1) is 8.93. The van der Waals surface area contributed by atoms with Crippen LogP contribution in [0.25, 0.3) is 0 Å². The summed E-state index contributed by atoms with van der Waals surface area (Å²) in [5.74, 6) is 1.53. The van der Waals surface area contributed by atoms with E-state index < -0.39 is 0 Å². The maximum atomic E-state index is 5.59. The fourth-order valence-corrected chi connectivity index (χ4v) is 2.23. The van der Waals surface area contributed by atoms with Crippen LogP contribution in [0.3, 0.4) is 0 Å². The molecule has 1 rings (SSSR count). The van der Waals surface area contributed by atoms with Crippen molar-refractivity contribution in [1.29, 1.82) is 0 Å². The molecule has 0 saturated carbocycles. The lowest BCUT2D eigenvalue weighted by molar-refractivity contribution is 0.308. The molecule has 0 aliphatic rings. The molecule has 0 aliphatic heterocycles. The van der Waals surface area contributed by atoms with Crippen LogP contribution in [0.15, 0.2) is 16.6 Å². The Bertz CT molecular complexity index is 425. The molecule has 116 valence electrons. The summed E-state index contributed by atoms with van der Waals surface area (Å²) in [4.78, 5) is 0. The van der Waals surface area contributed by atoms with Gasteiger partial charge in [0.25, 0.3) is 0 Å². The van der Waals surface area contributed by atoms with Gasteiger partial charge in [0.15, 0.2) is 11.5 Å². The fraction of sp³-hybridized carbons (Fsp3) is 0.600. The molecule has 5 heteroatoms. The SMILES string of the molecule is CCOc1c(Br)cc(CNC(C)(C)CC)cc1OC.Cl. The maximum absolute atomic E-state index is 5.59. The minimum Gasteiger partial charge on any atom is -0.493 e. The Morgan fingerprint density at radius 2 is 1.90 bits per heavy atom. The van der Waals surface area contributed by atoms with Crippen LogP contribution in [0.2, 0.25) is 0 Å². The van der Waals surface area contributed by atoms with Crippen molar-refractivity contribution in [2.24, 2.45) is 0 Å². The van der Waals surface area contributed by atoms with Crippen molar-refractivity contribution in [2.45, 2.75) is 46.2 Å².